The lowest BCUT2D eigenvalue weighted by Gasteiger charge is -2.20. The lowest BCUT2D eigenvalue weighted by Crippen LogP contribution is -2.24. The van der Waals surface area contributed by atoms with E-state index in [1.807, 2.05) is 0 Å². The van der Waals surface area contributed by atoms with Crippen LogP contribution in [0.25, 0.3) is 0 Å². The van der Waals surface area contributed by atoms with Gasteiger partial charge in [0.1, 0.15) is 0 Å². The summed E-state index contributed by atoms with van der Waals surface area (Å²) in [6.45, 7) is 10.2. The quantitative estimate of drug-likeness (QED) is 0.389. The molecule has 0 atom stereocenters. The number of hydrogen-bond donors (Lipinski definition) is 0. The molecule has 0 saturated heterocycles. The predicted octanol–water partition coefficient (Wildman–Crippen LogP) is 2.69. The van der Waals surface area contributed by atoms with Crippen molar-refractivity contribution < 1.29 is 14.0 Å². The highest BCUT2D eigenvalue weighted by Gasteiger charge is 2.16. The van der Waals surface area contributed by atoms with Crippen LogP contribution < -0.4 is 0 Å². The van der Waals surface area contributed by atoms with Gasteiger partial charge in [-0.3, -0.25) is 4.79 Å². The van der Waals surface area contributed by atoms with E-state index in [-0.39, 0.29) is 5.97 Å². The van der Waals surface area contributed by atoms with Gasteiger partial charge in [-0.25, -0.2) is 0 Å². The molecule has 82 valence electrons. The fourth-order valence-electron chi connectivity index (χ4n) is 1.02. The molecule has 0 amide bonds. The Kier molecular flexibility index (Phi) is 5.53. The normalized spacial score (nSPS) is 10.9. The van der Waals surface area contributed by atoms with Gasteiger partial charge in [0.05, 0.1) is 12.9 Å². The van der Waals surface area contributed by atoms with Crippen LogP contribution >= 0.6 is 0 Å². The Hall–Kier alpha value is -0.773. The Bertz CT molecular complexity index is 206. The molecule has 0 fully saturated rings. The van der Waals surface area contributed by atoms with Crippen molar-refractivity contribution in [2.45, 2.75) is 38.9 Å². The molecule has 0 aromatic heterocycles. The molecule has 0 aliphatic heterocycles. The fourth-order valence-corrected chi connectivity index (χ4v) is 1.98. The zero-order valence-corrected chi connectivity index (χ0v) is 10.6. The van der Waals surface area contributed by atoms with Gasteiger partial charge in [-0.05, 0) is 26.1 Å². The van der Waals surface area contributed by atoms with Crippen molar-refractivity contribution in [3.05, 3.63) is 12.3 Å². The molecule has 3 nitrogen and oxygen atoms in total. The molecule has 14 heavy (non-hydrogen) atoms. The summed E-state index contributed by atoms with van der Waals surface area (Å²) in [4.78, 5) is 10.8. The van der Waals surface area contributed by atoms with Gasteiger partial charge in [0, 0.05) is 12.8 Å². The molecule has 0 heterocycles. The van der Waals surface area contributed by atoms with Gasteiger partial charge in [-0.1, -0.05) is 6.58 Å². The van der Waals surface area contributed by atoms with Crippen LogP contribution in [0.4, 0.5) is 0 Å². The van der Waals surface area contributed by atoms with Gasteiger partial charge in [0.25, 0.3) is 0 Å². The first kappa shape index (κ1) is 13.2. The minimum Gasteiger partial charge on any atom is -0.548 e. The van der Waals surface area contributed by atoms with E-state index in [0.29, 0.717) is 6.42 Å². The largest absolute Gasteiger partial charge is 0.548 e. The number of carbonyl (C=O) groups is 1. The zero-order valence-electron chi connectivity index (χ0n) is 9.55. The van der Waals surface area contributed by atoms with Crippen molar-refractivity contribution >= 4 is 14.3 Å². The third kappa shape index (κ3) is 7.85. The zero-order chi connectivity index (χ0) is 11.2. The third-order valence-electron chi connectivity index (χ3n) is 1.51. The summed E-state index contributed by atoms with van der Waals surface area (Å²) in [5, 5.41) is 0. The average molecular weight is 216 g/mol. The van der Waals surface area contributed by atoms with E-state index >= 15 is 0 Å². The lowest BCUT2D eigenvalue weighted by molar-refractivity contribution is -0.140. The molecule has 0 aromatic carbocycles. The first-order valence-electron chi connectivity index (χ1n) is 4.79. The maximum atomic E-state index is 10.8. The van der Waals surface area contributed by atoms with Crippen LogP contribution in [0, 0.1) is 0 Å². The molecule has 4 heteroatoms. The summed E-state index contributed by atoms with van der Waals surface area (Å²) >= 11 is 0. The van der Waals surface area contributed by atoms with Gasteiger partial charge < -0.3 is 9.16 Å². The molecule has 0 aromatic rings. The smallest absolute Gasteiger partial charge is 0.305 e. The van der Waals surface area contributed by atoms with Crippen LogP contribution in [0.2, 0.25) is 19.6 Å². The summed E-state index contributed by atoms with van der Waals surface area (Å²) in [7, 11) is -0.123. The Balaban J connectivity index is 3.60. The number of carbonyl (C=O) groups excluding carboxylic acids is 1. The van der Waals surface area contributed by atoms with E-state index in [1.54, 1.807) is 0 Å². The molecule has 0 unspecified atom stereocenters. The van der Waals surface area contributed by atoms with E-state index in [2.05, 4.69) is 31.0 Å². The van der Waals surface area contributed by atoms with Crippen LogP contribution in [-0.2, 0) is 14.0 Å². The van der Waals surface area contributed by atoms with Crippen molar-refractivity contribution in [3.63, 3.8) is 0 Å². The van der Waals surface area contributed by atoms with Gasteiger partial charge in [-0.15, -0.1) is 0 Å². The molecular weight excluding hydrogens is 196 g/mol. The first-order valence-corrected chi connectivity index (χ1v) is 8.19. The molecule has 0 rings (SSSR count). The Labute approximate surface area is 87.2 Å². The number of rotatable bonds is 6. The standard InChI is InChI=1S/C10H20O3Si/c1-9(13-14(3,4)5)7-6-8-10(11)12-2/h1,6-8H2,2-5H3. The van der Waals surface area contributed by atoms with Crippen molar-refractivity contribution in [1.82, 2.24) is 0 Å². The number of esters is 1. The van der Waals surface area contributed by atoms with Gasteiger partial charge in [0.2, 0.25) is 8.32 Å². The van der Waals surface area contributed by atoms with Gasteiger partial charge in [0.15, 0.2) is 0 Å². The second-order valence-electron chi connectivity index (χ2n) is 4.18. The third-order valence-corrected chi connectivity index (χ3v) is 2.42. The molecule has 0 saturated carbocycles. The van der Waals surface area contributed by atoms with Crippen LogP contribution in [-0.4, -0.2) is 21.4 Å². The number of methoxy groups -OCH3 is 1. The van der Waals surface area contributed by atoms with Crippen molar-refractivity contribution in [2.24, 2.45) is 0 Å². The highest BCUT2D eigenvalue weighted by molar-refractivity contribution is 6.70. The first-order chi connectivity index (χ1) is 6.35. The predicted molar refractivity (Wildman–Crippen MR) is 59.4 cm³/mol. The summed E-state index contributed by atoms with van der Waals surface area (Å²) in [6.07, 6.45) is 1.92. The topological polar surface area (TPSA) is 35.5 Å². The van der Waals surface area contributed by atoms with E-state index in [4.69, 9.17) is 4.43 Å². The number of ether oxygens (including phenoxy) is 1. The van der Waals surface area contributed by atoms with Crippen molar-refractivity contribution in [1.29, 1.82) is 0 Å². The van der Waals surface area contributed by atoms with Crippen LogP contribution in [0.5, 0.6) is 0 Å². The molecule has 0 N–H and O–H groups in total. The summed E-state index contributed by atoms with van der Waals surface area (Å²) in [6, 6.07) is 0. The minimum atomic E-state index is -1.52. The number of allylic oxidation sites excluding steroid dienone is 1. The van der Waals surface area contributed by atoms with Crippen molar-refractivity contribution in [3.8, 4) is 0 Å². The van der Waals surface area contributed by atoms with E-state index in [1.165, 1.54) is 7.11 Å². The molecule has 0 aliphatic carbocycles. The Morgan fingerprint density at radius 3 is 2.29 bits per heavy atom. The summed E-state index contributed by atoms with van der Waals surface area (Å²) in [5.74, 6) is 0.610. The second-order valence-corrected chi connectivity index (χ2v) is 8.61. The monoisotopic (exact) mass is 216 g/mol. The molecule has 0 spiro atoms. The van der Waals surface area contributed by atoms with Gasteiger partial charge >= 0.3 is 5.97 Å². The maximum Gasteiger partial charge on any atom is 0.305 e. The SMILES string of the molecule is C=C(CCCC(=O)OC)O[Si](C)(C)C. The molecule has 0 aliphatic rings. The van der Waals surface area contributed by atoms with Crippen LogP contribution in [0.15, 0.2) is 12.3 Å². The Morgan fingerprint density at radius 1 is 1.29 bits per heavy atom. The second kappa shape index (κ2) is 5.85. The van der Waals surface area contributed by atoms with E-state index in [9.17, 15) is 4.79 Å². The van der Waals surface area contributed by atoms with Crippen LogP contribution in [0.3, 0.4) is 0 Å². The summed E-state index contributed by atoms with van der Waals surface area (Å²) < 4.78 is 10.2. The van der Waals surface area contributed by atoms with Crippen LogP contribution in [0.1, 0.15) is 19.3 Å². The van der Waals surface area contributed by atoms with E-state index in [0.717, 1.165) is 18.6 Å². The van der Waals surface area contributed by atoms with E-state index < -0.39 is 8.32 Å². The Morgan fingerprint density at radius 2 is 1.86 bits per heavy atom. The summed E-state index contributed by atoms with van der Waals surface area (Å²) in [5.41, 5.74) is 0. The van der Waals surface area contributed by atoms with Crippen molar-refractivity contribution in [2.75, 3.05) is 7.11 Å². The average Bonchev–Trinajstić information content (AvgIpc) is 2.00. The fraction of sp³-hybridized carbons (Fsp3) is 0.700. The maximum absolute atomic E-state index is 10.8. The molecular formula is C10H20O3Si. The lowest BCUT2D eigenvalue weighted by atomic mass is 10.2. The molecule has 0 bridgehead atoms. The highest BCUT2D eigenvalue weighted by atomic mass is 28.4. The highest BCUT2D eigenvalue weighted by Crippen LogP contribution is 2.14. The number of hydrogen-bond acceptors (Lipinski definition) is 3. The molecule has 0 radical (unpaired) electrons. The minimum absolute atomic E-state index is 0.175. The van der Waals surface area contributed by atoms with Gasteiger partial charge in [-0.2, -0.15) is 0 Å².